The van der Waals surface area contributed by atoms with Crippen LogP contribution >= 0.6 is 11.3 Å². The van der Waals surface area contributed by atoms with Gasteiger partial charge in [0.15, 0.2) is 0 Å². The fraction of sp³-hybridized carbons (Fsp3) is 0.688. The molecule has 0 aromatic carbocycles. The molecule has 21 heavy (non-hydrogen) atoms. The van der Waals surface area contributed by atoms with Gasteiger partial charge in [-0.2, -0.15) is 0 Å². The number of ether oxygens (including phenoxy) is 1. The zero-order valence-corrected chi connectivity index (χ0v) is 14.4. The monoisotopic (exact) mass is 310 g/mol. The Morgan fingerprint density at radius 2 is 2.19 bits per heavy atom. The molecule has 0 radical (unpaired) electrons. The van der Waals surface area contributed by atoms with E-state index in [1.165, 1.54) is 9.75 Å². The van der Waals surface area contributed by atoms with Crippen LogP contribution in [0.25, 0.3) is 0 Å². The van der Waals surface area contributed by atoms with Crippen molar-refractivity contribution < 1.29 is 9.53 Å². The molecule has 0 bridgehead atoms. The molecular formula is C16H26N2O2S. The van der Waals surface area contributed by atoms with Gasteiger partial charge in [0.25, 0.3) is 0 Å². The molecule has 2 unspecified atom stereocenters. The van der Waals surface area contributed by atoms with Crippen LogP contribution in [-0.4, -0.2) is 35.7 Å². The Morgan fingerprint density at radius 3 is 2.76 bits per heavy atom. The van der Waals surface area contributed by atoms with Crippen molar-refractivity contribution in [1.29, 1.82) is 0 Å². The first-order chi connectivity index (χ1) is 9.74. The topological polar surface area (TPSA) is 41.6 Å². The van der Waals surface area contributed by atoms with Crippen LogP contribution in [-0.2, 0) is 4.74 Å². The molecule has 118 valence electrons. The molecule has 1 aromatic rings. The van der Waals surface area contributed by atoms with Crippen molar-refractivity contribution in [3.05, 3.63) is 21.9 Å². The molecule has 2 atom stereocenters. The van der Waals surface area contributed by atoms with Crippen LogP contribution in [0.1, 0.15) is 49.9 Å². The van der Waals surface area contributed by atoms with E-state index in [2.05, 4.69) is 31.3 Å². The van der Waals surface area contributed by atoms with Gasteiger partial charge < -0.3 is 15.0 Å². The van der Waals surface area contributed by atoms with Crippen molar-refractivity contribution in [1.82, 2.24) is 10.2 Å². The fourth-order valence-corrected chi connectivity index (χ4v) is 3.40. The van der Waals surface area contributed by atoms with Crippen molar-refractivity contribution in [2.45, 2.75) is 58.7 Å². The van der Waals surface area contributed by atoms with Crippen LogP contribution in [0.3, 0.4) is 0 Å². The molecular weight excluding hydrogens is 284 g/mol. The number of thiophene rings is 1. The molecule has 1 saturated heterocycles. The van der Waals surface area contributed by atoms with Crippen molar-refractivity contribution >= 4 is 17.4 Å². The van der Waals surface area contributed by atoms with E-state index in [1.807, 2.05) is 32.1 Å². The maximum atomic E-state index is 12.0. The molecule has 1 fully saturated rings. The molecule has 1 aliphatic heterocycles. The average Bonchev–Trinajstić information content (AvgIpc) is 2.96. The first-order valence-corrected chi connectivity index (χ1v) is 8.36. The van der Waals surface area contributed by atoms with E-state index < -0.39 is 5.60 Å². The summed E-state index contributed by atoms with van der Waals surface area (Å²) in [7, 11) is 0. The maximum Gasteiger partial charge on any atom is 0.410 e. The highest BCUT2D eigenvalue weighted by atomic mass is 32.1. The minimum atomic E-state index is -0.426. The number of likely N-dealkylation sites (tertiary alicyclic amines) is 1. The number of nitrogens with zero attached hydrogens (tertiary/aromatic N) is 1. The van der Waals surface area contributed by atoms with Gasteiger partial charge in [-0.05, 0) is 53.2 Å². The molecule has 4 nitrogen and oxygen atoms in total. The van der Waals surface area contributed by atoms with Gasteiger partial charge in [0, 0.05) is 34.9 Å². The van der Waals surface area contributed by atoms with Gasteiger partial charge in [0.1, 0.15) is 5.60 Å². The van der Waals surface area contributed by atoms with Crippen LogP contribution < -0.4 is 5.32 Å². The maximum absolute atomic E-state index is 12.0. The van der Waals surface area contributed by atoms with E-state index in [0.29, 0.717) is 12.1 Å². The average molecular weight is 310 g/mol. The molecule has 0 saturated carbocycles. The Labute approximate surface area is 131 Å². The van der Waals surface area contributed by atoms with Gasteiger partial charge in [0.2, 0.25) is 0 Å². The van der Waals surface area contributed by atoms with Crippen molar-refractivity contribution in [3.63, 3.8) is 0 Å². The number of nitrogens with one attached hydrogen (secondary N) is 1. The van der Waals surface area contributed by atoms with Gasteiger partial charge >= 0.3 is 6.09 Å². The fourth-order valence-electron chi connectivity index (χ4n) is 2.51. The third-order valence-corrected chi connectivity index (χ3v) is 4.70. The van der Waals surface area contributed by atoms with Gasteiger partial charge in [-0.1, -0.05) is 0 Å². The van der Waals surface area contributed by atoms with Crippen LogP contribution in [0.5, 0.6) is 0 Å². The summed E-state index contributed by atoms with van der Waals surface area (Å²) >= 11 is 1.83. The summed E-state index contributed by atoms with van der Waals surface area (Å²) in [6.45, 7) is 11.5. The second-order valence-corrected chi connectivity index (χ2v) is 8.07. The van der Waals surface area contributed by atoms with E-state index in [1.54, 1.807) is 4.90 Å². The van der Waals surface area contributed by atoms with Gasteiger partial charge in [-0.25, -0.2) is 4.79 Å². The summed E-state index contributed by atoms with van der Waals surface area (Å²) in [4.78, 5) is 16.5. The lowest BCUT2D eigenvalue weighted by atomic mass is 10.2. The second kappa shape index (κ2) is 6.36. The van der Waals surface area contributed by atoms with E-state index in [9.17, 15) is 4.79 Å². The van der Waals surface area contributed by atoms with Crippen LogP contribution in [0.2, 0.25) is 0 Å². The Bertz CT molecular complexity index is 493. The Morgan fingerprint density at radius 1 is 1.48 bits per heavy atom. The van der Waals surface area contributed by atoms with Crippen LogP contribution in [0.4, 0.5) is 4.79 Å². The minimum Gasteiger partial charge on any atom is -0.444 e. The third kappa shape index (κ3) is 4.71. The first-order valence-electron chi connectivity index (χ1n) is 7.55. The van der Waals surface area contributed by atoms with Crippen molar-refractivity contribution in [2.75, 3.05) is 13.1 Å². The number of hydrogen-bond acceptors (Lipinski definition) is 4. The second-order valence-electron chi connectivity index (χ2n) is 6.75. The third-order valence-electron chi connectivity index (χ3n) is 3.51. The summed E-state index contributed by atoms with van der Waals surface area (Å²) in [5, 5.41) is 3.62. The summed E-state index contributed by atoms with van der Waals surface area (Å²) < 4.78 is 5.42. The highest BCUT2D eigenvalue weighted by Crippen LogP contribution is 2.24. The number of hydrogen-bond donors (Lipinski definition) is 1. The molecule has 1 aliphatic rings. The summed E-state index contributed by atoms with van der Waals surface area (Å²) in [6.07, 6.45) is 0.778. The highest BCUT2D eigenvalue weighted by Gasteiger charge is 2.30. The lowest BCUT2D eigenvalue weighted by molar-refractivity contribution is 0.0290. The quantitative estimate of drug-likeness (QED) is 0.925. The lowest BCUT2D eigenvalue weighted by Gasteiger charge is -2.25. The summed E-state index contributed by atoms with van der Waals surface area (Å²) in [5.41, 5.74) is -0.426. The van der Waals surface area contributed by atoms with E-state index >= 15 is 0 Å². The Balaban J connectivity index is 1.84. The van der Waals surface area contributed by atoms with Crippen molar-refractivity contribution in [3.8, 4) is 0 Å². The molecule has 1 aromatic heterocycles. The predicted molar refractivity (Wildman–Crippen MR) is 86.8 cm³/mol. The Hall–Kier alpha value is -1.07. The minimum absolute atomic E-state index is 0.202. The van der Waals surface area contributed by atoms with Crippen molar-refractivity contribution in [2.24, 2.45) is 0 Å². The number of rotatable bonds is 3. The number of aryl methyl sites for hydroxylation is 1. The lowest BCUT2D eigenvalue weighted by Crippen LogP contribution is -2.38. The highest BCUT2D eigenvalue weighted by molar-refractivity contribution is 7.12. The molecule has 2 rings (SSSR count). The van der Waals surface area contributed by atoms with Gasteiger partial charge in [0.05, 0.1) is 0 Å². The molecule has 0 aliphatic carbocycles. The number of carbonyl (C=O) groups excluding carboxylic acids is 1. The molecule has 1 N–H and O–H groups in total. The number of carbonyl (C=O) groups is 1. The summed E-state index contributed by atoms with van der Waals surface area (Å²) in [6, 6.07) is 5.00. The molecule has 2 heterocycles. The molecule has 0 spiro atoms. The summed E-state index contributed by atoms with van der Waals surface area (Å²) in [5.74, 6) is 0. The Kier molecular flexibility index (Phi) is 4.94. The normalized spacial score (nSPS) is 20.6. The van der Waals surface area contributed by atoms with E-state index in [4.69, 9.17) is 4.74 Å². The SMILES string of the molecule is Cc1ccc(C(C)NC2CCN(C(=O)OC(C)(C)C)C2)s1. The smallest absolute Gasteiger partial charge is 0.410 e. The largest absolute Gasteiger partial charge is 0.444 e. The molecule has 5 heteroatoms. The first kappa shape index (κ1) is 16.3. The van der Waals surface area contributed by atoms with Crippen LogP contribution in [0, 0.1) is 6.92 Å². The zero-order chi connectivity index (χ0) is 15.6. The standard InChI is InChI=1S/C16H26N2O2S/c1-11-6-7-14(21-11)12(2)17-13-8-9-18(10-13)15(19)20-16(3,4)5/h6-7,12-13,17H,8-10H2,1-5H3. The van der Waals surface area contributed by atoms with Crippen LogP contribution in [0.15, 0.2) is 12.1 Å². The zero-order valence-electron chi connectivity index (χ0n) is 13.6. The van der Waals surface area contributed by atoms with Gasteiger partial charge in [-0.3, -0.25) is 0 Å². The predicted octanol–water partition coefficient (Wildman–Crippen LogP) is 3.72. The van der Waals surface area contributed by atoms with Gasteiger partial charge in [-0.15, -0.1) is 11.3 Å². The molecule has 1 amide bonds. The van der Waals surface area contributed by atoms with E-state index in [-0.39, 0.29) is 6.09 Å². The number of amides is 1. The van der Waals surface area contributed by atoms with E-state index in [0.717, 1.165) is 19.5 Å².